The van der Waals surface area contributed by atoms with E-state index < -0.39 is 32.5 Å². The molecule has 0 radical (unpaired) electrons. The molecule has 0 spiro atoms. The molecule has 14 heavy (non-hydrogen) atoms. The van der Waals surface area contributed by atoms with Crippen molar-refractivity contribution < 1.29 is 26.0 Å². The minimum atomic E-state index is -4.54. The number of nitrogens with one attached hydrogen (secondary N) is 1. The molecule has 0 saturated heterocycles. The molecule has 0 aromatic heterocycles. The predicted octanol–water partition coefficient (Wildman–Crippen LogP) is 0.134. The van der Waals surface area contributed by atoms with E-state index in [-0.39, 0.29) is 6.42 Å². The first-order chi connectivity index (χ1) is 6.11. The second-order valence-corrected chi connectivity index (χ2v) is 5.51. The molecule has 0 aliphatic carbocycles. The van der Waals surface area contributed by atoms with Crippen molar-refractivity contribution in [2.45, 2.75) is 31.4 Å². The topological polar surface area (TPSA) is 86.3 Å². The van der Waals surface area contributed by atoms with Gasteiger partial charge in [0.2, 0.25) is 10.0 Å². The molecule has 0 aromatic carbocycles. The Bertz CT molecular complexity index is 310. The molecule has 0 saturated carbocycles. The maximum atomic E-state index is 12.7. The Balaban J connectivity index is 4.95. The fourth-order valence-corrected chi connectivity index (χ4v) is 3.21. The normalized spacial score (nSPS) is 17.8. The molecule has 0 heterocycles. The lowest BCUT2D eigenvalue weighted by Crippen LogP contribution is -2.44. The van der Waals surface area contributed by atoms with Gasteiger partial charge in [-0.1, -0.05) is 6.92 Å². The van der Waals surface area contributed by atoms with Crippen molar-refractivity contribution in [3.8, 4) is 0 Å². The van der Waals surface area contributed by atoms with Crippen LogP contribution in [0.3, 0.4) is 0 Å². The molecule has 2 unspecified atom stereocenters. The van der Waals surface area contributed by atoms with E-state index in [1.807, 2.05) is 0 Å². The van der Waals surface area contributed by atoms with E-state index >= 15 is 0 Å². The summed E-state index contributed by atoms with van der Waals surface area (Å²) in [6.45, 7) is 1.66. The summed E-state index contributed by atoms with van der Waals surface area (Å²) in [7, 11) is -4.54. The largest absolute Gasteiger partial charge is 0.759 e. The third-order valence-electron chi connectivity index (χ3n) is 1.49. The average molecular weight is 250 g/mol. The van der Waals surface area contributed by atoms with E-state index in [9.17, 15) is 26.0 Å². The van der Waals surface area contributed by atoms with Gasteiger partial charge in [0, 0.05) is 18.2 Å². The molecule has 5 nitrogen and oxygen atoms in total. The number of alkyl halides is 2. The van der Waals surface area contributed by atoms with Gasteiger partial charge in [-0.15, -0.1) is 4.13 Å². The van der Waals surface area contributed by atoms with E-state index in [0.29, 0.717) is 6.92 Å². The van der Waals surface area contributed by atoms with E-state index in [1.165, 1.54) is 6.92 Å². The zero-order valence-electron chi connectivity index (χ0n) is 7.49. The lowest BCUT2D eigenvalue weighted by molar-refractivity contribution is 0.0161. The molecule has 0 fully saturated rings. The molecule has 9 heteroatoms. The van der Waals surface area contributed by atoms with Crippen LogP contribution in [0.2, 0.25) is 0 Å². The van der Waals surface area contributed by atoms with E-state index in [0.717, 1.165) is 4.13 Å². The zero-order chi connectivity index (χ0) is 11.6. The fraction of sp³-hybridized carbons (Fsp3) is 1.00. The molecule has 1 N–H and O–H groups in total. The molecule has 0 rings (SSSR count). The highest BCUT2D eigenvalue weighted by molar-refractivity contribution is 8.00. The fourth-order valence-electron chi connectivity index (χ4n) is 1.00. The first kappa shape index (κ1) is 13.9. The third kappa shape index (κ3) is 3.95. The summed E-state index contributed by atoms with van der Waals surface area (Å²) in [4.78, 5) is 0. The number of halogens is 2. The van der Waals surface area contributed by atoms with Crippen molar-refractivity contribution in [3.05, 3.63) is 0 Å². The van der Waals surface area contributed by atoms with Gasteiger partial charge in [0.1, 0.15) is 5.25 Å². The number of hydrogen-bond donors (Lipinski definition) is 1. The molecular weight excluding hydrogens is 240 g/mol. The predicted molar refractivity (Wildman–Crippen MR) is 45.7 cm³/mol. The maximum Gasteiger partial charge on any atom is 0.263 e. The number of rotatable bonds is 5. The van der Waals surface area contributed by atoms with Crippen molar-refractivity contribution >= 4 is 21.3 Å². The van der Waals surface area contributed by atoms with Crippen molar-refractivity contribution in [1.82, 2.24) is 4.13 Å². The van der Waals surface area contributed by atoms with Crippen molar-refractivity contribution in [1.29, 1.82) is 0 Å². The average Bonchev–Trinajstić information content (AvgIpc) is 1.79. The van der Waals surface area contributed by atoms with Gasteiger partial charge in [0.05, 0.1) is 0 Å². The molecule has 0 bridgehead atoms. The SMILES string of the molecule is CCC(C(C)(F)F)S(=O)(=O)NS(=O)[O-]. The van der Waals surface area contributed by atoms with Gasteiger partial charge in [0.15, 0.2) is 0 Å². The molecule has 0 aliphatic heterocycles. The summed E-state index contributed by atoms with van der Waals surface area (Å²) in [5.41, 5.74) is 0. The van der Waals surface area contributed by atoms with Crippen LogP contribution in [0.15, 0.2) is 0 Å². The lowest BCUT2D eigenvalue weighted by atomic mass is 10.2. The standard InChI is InChI=1S/C5H11F2NO4S2/c1-3-4(5(2,6)7)14(11,12)8-13(9)10/h4,8H,3H2,1-2H3,(H,9,10)/p-1. The van der Waals surface area contributed by atoms with Crippen molar-refractivity contribution in [3.63, 3.8) is 0 Å². The van der Waals surface area contributed by atoms with Gasteiger partial charge in [0.25, 0.3) is 5.92 Å². The van der Waals surface area contributed by atoms with Crippen LogP contribution in [0.1, 0.15) is 20.3 Å². The Labute approximate surface area is 83.4 Å². The van der Waals surface area contributed by atoms with Crippen LogP contribution >= 0.6 is 0 Å². The van der Waals surface area contributed by atoms with E-state index in [2.05, 4.69) is 0 Å². The summed E-state index contributed by atoms with van der Waals surface area (Å²) in [6.07, 6.45) is -0.379. The molecule has 0 aromatic rings. The number of hydrogen-bond acceptors (Lipinski definition) is 4. The van der Waals surface area contributed by atoms with E-state index in [1.54, 1.807) is 0 Å². The van der Waals surface area contributed by atoms with Crippen molar-refractivity contribution in [2.24, 2.45) is 0 Å². The third-order valence-corrected chi connectivity index (χ3v) is 4.46. The molecule has 2 atom stereocenters. The Morgan fingerprint density at radius 2 is 2.00 bits per heavy atom. The summed E-state index contributed by atoms with van der Waals surface area (Å²) in [6, 6.07) is 0. The van der Waals surface area contributed by atoms with Crippen LogP contribution in [0, 0.1) is 0 Å². The molecule has 0 amide bonds. The number of sulfonamides is 1. The highest BCUT2D eigenvalue weighted by atomic mass is 32.3. The molecule has 86 valence electrons. The first-order valence-corrected chi connectivity index (χ1v) is 6.21. The van der Waals surface area contributed by atoms with Gasteiger partial charge in [-0.05, 0) is 6.42 Å². The Morgan fingerprint density at radius 1 is 1.57 bits per heavy atom. The minimum Gasteiger partial charge on any atom is -0.759 e. The maximum absolute atomic E-state index is 12.7. The van der Waals surface area contributed by atoms with Crippen LogP contribution in [0.4, 0.5) is 8.78 Å². The van der Waals surface area contributed by atoms with Crippen LogP contribution in [0.25, 0.3) is 0 Å². The highest BCUT2D eigenvalue weighted by Crippen LogP contribution is 2.25. The van der Waals surface area contributed by atoms with Gasteiger partial charge in [-0.25, -0.2) is 17.2 Å². The lowest BCUT2D eigenvalue weighted by Gasteiger charge is -2.22. The van der Waals surface area contributed by atoms with Crippen LogP contribution < -0.4 is 4.13 Å². The van der Waals surface area contributed by atoms with Gasteiger partial charge >= 0.3 is 0 Å². The highest BCUT2D eigenvalue weighted by Gasteiger charge is 2.42. The van der Waals surface area contributed by atoms with Crippen molar-refractivity contribution in [2.75, 3.05) is 0 Å². The van der Waals surface area contributed by atoms with Gasteiger partial charge in [-0.2, -0.15) is 0 Å². The Kier molecular flexibility index (Phi) is 4.56. The second-order valence-electron chi connectivity index (χ2n) is 2.72. The second kappa shape index (κ2) is 4.60. The Hall–Kier alpha value is -0.120. The summed E-state index contributed by atoms with van der Waals surface area (Å²) >= 11 is -3.11. The summed E-state index contributed by atoms with van der Waals surface area (Å²) in [5, 5.41) is -2.05. The van der Waals surface area contributed by atoms with Crippen LogP contribution in [-0.4, -0.2) is 28.4 Å². The molecular formula is C5H10F2NO4S2-. The van der Waals surface area contributed by atoms with Crippen LogP contribution in [-0.2, 0) is 21.3 Å². The van der Waals surface area contributed by atoms with E-state index in [4.69, 9.17) is 0 Å². The van der Waals surface area contributed by atoms with Crippen LogP contribution in [0.5, 0.6) is 0 Å². The monoisotopic (exact) mass is 250 g/mol. The summed E-state index contributed by atoms with van der Waals surface area (Å²) < 4.78 is 68.6. The van der Waals surface area contributed by atoms with Gasteiger partial charge < -0.3 is 4.55 Å². The molecule has 0 aliphatic rings. The minimum absolute atomic E-state index is 0.379. The zero-order valence-corrected chi connectivity index (χ0v) is 9.12. The Morgan fingerprint density at radius 3 is 2.21 bits per heavy atom. The quantitative estimate of drug-likeness (QED) is 0.703. The van der Waals surface area contributed by atoms with Gasteiger partial charge in [-0.3, -0.25) is 4.21 Å². The first-order valence-electron chi connectivity index (χ1n) is 3.59. The smallest absolute Gasteiger partial charge is 0.263 e. The summed E-state index contributed by atoms with van der Waals surface area (Å²) in [5.74, 6) is -3.49.